The predicted octanol–water partition coefficient (Wildman–Crippen LogP) is 3.33. The Kier molecular flexibility index (Phi) is 3.12. The first-order chi connectivity index (χ1) is 5.45. The van der Waals surface area contributed by atoms with Crippen LogP contribution in [-0.4, -0.2) is 20.3 Å². The quantitative estimate of drug-likeness (QED) is 0.561. The van der Waals surface area contributed by atoms with E-state index in [1.165, 1.54) is 0 Å². The Labute approximate surface area is 75.5 Å². The molecule has 2 atom stereocenters. The van der Waals surface area contributed by atoms with Crippen LogP contribution in [-0.2, 0) is 0 Å². The predicted molar refractivity (Wildman–Crippen MR) is 44.6 cm³/mol. The molecule has 0 radical (unpaired) electrons. The average Bonchev–Trinajstić information content (AvgIpc) is 2.29. The number of hydrogen-bond donors (Lipinski definition) is 0. The molecule has 0 spiro atoms. The fourth-order valence-corrected chi connectivity index (χ4v) is 5.86. The SMILES string of the molecule is C[CH2][Al]1[CH2]C(C)C(C(F)(F)F)[CH2]1. The van der Waals surface area contributed by atoms with E-state index < -0.39 is 26.2 Å². The molecule has 0 aromatic carbocycles. The molecule has 0 aliphatic carbocycles. The minimum atomic E-state index is -3.93. The molecule has 1 aliphatic rings. The fraction of sp³-hybridized carbons (Fsp3) is 1.00. The number of alkyl halides is 3. The molecule has 0 aromatic heterocycles. The molecule has 1 fully saturated rings. The molecular weight excluding hydrogens is 180 g/mol. The minimum absolute atomic E-state index is 0.110. The second-order valence-electron chi connectivity index (χ2n) is 3.87. The highest BCUT2D eigenvalue weighted by Crippen LogP contribution is 2.44. The van der Waals surface area contributed by atoms with Gasteiger partial charge in [0.05, 0.1) is 0 Å². The van der Waals surface area contributed by atoms with Crippen LogP contribution in [0.15, 0.2) is 0 Å². The second-order valence-corrected chi connectivity index (χ2v) is 7.36. The van der Waals surface area contributed by atoms with Crippen molar-refractivity contribution >= 4 is 14.1 Å². The van der Waals surface area contributed by atoms with Gasteiger partial charge >= 0.3 is 6.18 Å². The number of rotatable bonds is 1. The Morgan fingerprint density at radius 2 is 1.92 bits per heavy atom. The summed E-state index contributed by atoms with van der Waals surface area (Å²) in [5.41, 5.74) is 0. The van der Waals surface area contributed by atoms with E-state index in [0.29, 0.717) is 5.28 Å². The lowest BCUT2D eigenvalue weighted by atomic mass is 9.98. The Morgan fingerprint density at radius 3 is 2.17 bits per heavy atom. The Morgan fingerprint density at radius 1 is 1.33 bits per heavy atom. The third-order valence-electron chi connectivity index (χ3n) is 2.98. The molecule has 1 aliphatic heterocycles. The van der Waals surface area contributed by atoms with E-state index in [-0.39, 0.29) is 5.92 Å². The van der Waals surface area contributed by atoms with Crippen molar-refractivity contribution in [2.24, 2.45) is 11.8 Å². The van der Waals surface area contributed by atoms with Crippen LogP contribution in [0.2, 0.25) is 15.8 Å². The standard InChI is InChI=1S/C6H9F3.C2H5.Al/c1-4(2)5(3)6(7,8)9;1-2;/h4-5H,1,3H2,2H3;1H2,2H3;. The molecule has 1 heterocycles. The average molecular weight is 194 g/mol. The van der Waals surface area contributed by atoms with Gasteiger partial charge in [-0.25, -0.2) is 0 Å². The second kappa shape index (κ2) is 3.59. The highest BCUT2D eigenvalue weighted by Gasteiger charge is 2.48. The van der Waals surface area contributed by atoms with Crippen molar-refractivity contribution in [1.82, 2.24) is 0 Å². The van der Waals surface area contributed by atoms with Crippen molar-refractivity contribution in [2.45, 2.75) is 35.9 Å². The fourth-order valence-electron chi connectivity index (χ4n) is 2.17. The van der Waals surface area contributed by atoms with E-state index >= 15 is 0 Å². The molecule has 0 bridgehead atoms. The Bertz CT molecular complexity index is 155. The van der Waals surface area contributed by atoms with Crippen LogP contribution < -0.4 is 0 Å². The van der Waals surface area contributed by atoms with Crippen LogP contribution in [0.4, 0.5) is 13.2 Å². The van der Waals surface area contributed by atoms with E-state index in [2.05, 4.69) is 0 Å². The first-order valence-electron chi connectivity index (χ1n) is 4.51. The lowest BCUT2D eigenvalue weighted by molar-refractivity contribution is -0.177. The van der Waals surface area contributed by atoms with Gasteiger partial charge in [-0.15, -0.1) is 0 Å². The van der Waals surface area contributed by atoms with Gasteiger partial charge in [0.15, 0.2) is 0 Å². The third-order valence-corrected chi connectivity index (χ3v) is 6.72. The highest BCUT2D eigenvalue weighted by molar-refractivity contribution is 6.59. The Balaban J connectivity index is 2.58. The van der Waals surface area contributed by atoms with Gasteiger partial charge in [-0.3, -0.25) is 0 Å². The normalized spacial score (nSPS) is 31.2. The maximum Gasteiger partial charge on any atom is 0.390 e. The van der Waals surface area contributed by atoms with Crippen molar-refractivity contribution < 1.29 is 13.2 Å². The summed E-state index contributed by atoms with van der Waals surface area (Å²) in [7, 11) is 0. The summed E-state index contributed by atoms with van der Waals surface area (Å²) < 4.78 is 37.0. The topological polar surface area (TPSA) is 0 Å². The molecule has 0 aromatic rings. The largest absolute Gasteiger partial charge is 0.390 e. The monoisotopic (exact) mass is 194 g/mol. The lowest BCUT2D eigenvalue weighted by Gasteiger charge is -2.19. The van der Waals surface area contributed by atoms with Crippen LogP contribution in [0, 0.1) is 11.8 Å². The van der Waals surface area contributed by atoms with Crippen LogP contribution in [0.25, 0.3) is 0 Å². The summed E-state index contributed by atoms with van der Waals surface area (Å²) in [6.07, 6.45) is -3.93. The first kappa shape index (κ1) is 10.4. The molecule has 1 rings (SSSR count). The van der Waals surface area contributed by atoms with Crippen LogP contribution >= 0.6 is 0 Å². The van der Waals surface area contributed by atoms with Gasteiger partial charge in [-0.1, -0.05) is 29.7 Å². The van der Waals surface area contributed by atoms with E-state index in [4.69, 9.17) is 0 Å². The molecule has 1 saturated heterocycles. The van der Waals surface area contributed by atoms with Crippen molar-refractivity contribution in [1.29, 1.82) is 0 Å². The Hall–Kier alpha value is 0.322. The lowest BCUT2D eigenvalue weighted by Crippen LogP contribution is -2.24. The molecule has 12 heavy (non-hydrogen) atoms. The van der Waals surface area contributed by atoms with Gasteiger partial charge in [0.1, 0.15) is 0 Å². The van der Waals surface area contributed by atoms with E-state index in [1.54, 1.807) is 6.92 Å². The zero-order valence-corrected chi connectivity index (χ0v) is 8.64. The summed E-state index contributed by atoms with van der Waals surface area (Å²) in [4.78, 5) is 0. The van der Waals surface area contributed by atoms with E-state index in [1.807, 2.05) is 6.92 Å². The molecule has 0 amide bonds. The number of halogens is 3. The third kappa shape index (κ3) is 2.17. The number of hydrogen-bond acceptors (Lipinski definition) is 0. The summed E-state index contributed by atoms with van der Waals surface area (Å²) in [5.74, 6) is -1.09. The molecule has 4 heteroatoms. The first-order valence-corrected chi connectivity index (χ1v) is 6.96. The molecule has 0 N–H and O–H groups in total. The van der Waals surface area contributed by atoms with E-state index in [9.17, 15) is 13.2 Å². The summed E-state index contributed by atoms with van der Waals surface area (Å²) in [6, 6.07) is 0. The summed E-state index contributed by atoms with van der Waals surface area (Å²) in [6.45, 7) is 3.78. The molecule has 70 valence electrons. The van der Waals surface area contributed by atoms with Crippen molar-refractivity contribution in [2.75, 3.05) is 0 Å². The van der Waals surface area contributed by atoms with Gasteiger partial charge in [0, 0.05) is 5.92 Å². The van der Waals surface area contributed by atoms with Crippen molar-refractivity contribution in [3.05, 3.63) is 0 Å². The smallest absolute Gasteiger partial charge is 0.171 e. The highest BCUT2D eigenvalue weighted by atomic mass is 27.2. The van der Waals surface area contributed by atoms with Crippen LogP contribution in [0.3, 0.4) is 0 Å². The van der Waals surface area contributed by atoms with Crippen molar-refractivity contribution in [3.63, 3.8) is 0 Å². The zero-order chi connectivity index (χ0) is 9.35. The van der Waals surface area contributed by atoms with Gasteiger partial charge in [-0.2, -0.15) is 13.2 Å². The van der Waals surface area contributed by atoms with Crippen LogP contribution in [0.1, 0.15) is 13.8 Å². The van der Waals surface area contributed by atoms with E-state index in [0.717, 1.165) is 10.6 Å². The van der Waals surface area contributed by atoms with Gasteiger partial charge < -0.3 is 0 Å². The summed E-state index contributed by atoms with van der Waals surface area (Å²) >= 11 is -0.996. The summed E-state index contributed by atoms with van der Waals surface area (Å²) in [5, 5.41) is 2.40. The van der Waals surface area contributed by atoms with Gasteiger partial charge in [-0.05, 0) is 5.92 Å². The van der Waals surface area contributed by atoms with Crippen LogP contribution in [0.5, 0.6) is 0 Å². The maximum atomic E-state index is 12.3. The van der Waals surface area contributed by atoms with Crippen molar-refractivity contribution in [3.8, 4) is 0 Å². The minimum Gasteiger partial charge on any atom is -0.171 e. The molecule has 0 nitrogen and oxygen atoms in total. The molecule has 0 saturated carbocycles. The van der Waals surface area contributed by atoms with Gasteiger partial charge in [0.2, 0.25) is 0 Å². The molecule has 2 unspecified atom stereocenters. The maximum absolute atomic E-state index is 12.3. The zero-order valence-electron chi connectivity index (χ0n) is 7.49. The molecular formula is C8H14AlF3. The van der Waals surface area contributed by atoms with Gasteiger partial charge in [0.25, 0.3) is 14.1 Å².